The van der Waals surface area contributed by atoms with Crippen molar-refractivity contribution in [1.29, 1.82) is 0 Å². The first kappa shape index (κ1) is 15.7. The van der Waals surface area contributed by atoms with Crippen molar-refractivity contribution < 1.29 is 4.79 Å². The molecule has 0 spiro atoms. The van der Waals surface area contributed by atoms with E-state index >= 15 is 0 Å². The quantitative estimate of drug-likeness (QED) is 0.828. The fourth-order valence-corrected chi connectivity index (χ4v) is 2.70. The van der Waals surface area contributed by atoms with Crippen molar-refractivity contribution >= 4 is 11.9 Å². The molecular formula is C15H25N5O. The van der Waals surface area contributed by atoms with Gasteiger partial charge in [0.05, 0.1) is 5.56 Å². The SMILES string of the molecule is CCNc1ncc(C(=O)NCCC2CCCN(C)C2)cn1. The van der Waals surface area contributed by atoms with Gasteiger partial charge in [-0.2, -0.15) is 0 Å². The molecule has 1 unspecified atom stereocenters. The topological polar surface area (TPSA) is 70.2 Å². The van der Waals surface area contributed by atoms with Crippen LogP contribution in [0.1, 0.15) is 36.5 Å². The van der Waals surface area contributed by atoms with E-state index in [1.54, 1.807) is 12.4 Å². The summed E-state index contributed by atoms with van der Waals surface area (Å²) in [7, 11) is 2.16. The van der Waals surface area contributed by atoms with Crippen molar-refractivity contribution in [3.05, 3.63) is 18.0 Å². The summed E-state index contributed by atoms with van der Waals surface area (Å²) in [5.41, 5.74) is 0.511. The second kappa shape index (κ2) is 7.93. The number of rotatable bonds is 6. The van der Waals surface area contributed by atoms with E-state index in [4.69, 9.17) is 0 Å². The number of carbonyl (C=O) groups is 1. The van der Waals surface area contributed by atoms with Crippen LogP contribution < -0.4 is 10.6 Å². The smallest absolute Gasteiger partial charge is 0.254 e. The van der Waals surface area contributed by atoms with Crippen LogP contribution in [-0.4, -0.2) is 54.0 Å². The fraction of sp³-hybridized carbons (Fsp3) is 0.667. The largest absolute Gasteiger partial charge is 0.355 e. The number of carbonyl (C=O) groups excluding carboxylic acids is 1. The van der Waals surface area contributed by atoms with Gasteiger partial charge in [0.25, 0.3) is 5.91 Å². The number of aromatic nitrogens is 2. The molecule has 1 atom stereocenters. The number of hydrogen-bond acceptors (Lipinski definition) is 5. The number of hydrogen-bond donors (Lipinski definition) is 2. The standard InChI is InChI=1S/C15H25N5O/c1-3-16-15-18-9-13(10-19-15)14(21)17-7-6-12-5-4-8-20(2)11-12/h9-10,12H,3-8,11H2,1-2H3,(H,17,21)(H,16,18,19). The molecule has 6 nitrogen and oxygen atoms in total. The summed E-state index contributed by atoms with van der Waals surface area (Å²) in [6.45, 7) is 5.79. The van der Waals surface area contributed by atoms with Gasteiger partial charge < -0.3 is 15.5 Å². The van der Waals surface area contributed by atoms with Crippen molar-refractivity contribution in [3.63, 3.8) is 0 Å². The molecular weight excluding hydrogens is 266 g/mol. The maximum atomic E-state index is 12.0. The Labute approximate surface area is 126 Å². The second-order valence-electron chi connectivity index (χ2n) is 5.64. The molecule has 1 amide bonds. The van der Waals surface area contributed by atoms with Crippen LogP contribution in [-0.2, 0) is 0 Å². The molecule has 0 radical (unpaired) electrons. The van der Waals surface area contributed by atoms with Crippen molar-refractivity contribution in [2.75, 3.05) is 38.5 Å². The Morgan fingerprint density at radius 3 is 2.86 bits per heavy atom. The van der Waals surface area contributed by atoms with Crippen LogP contribution in [0.3, 0.4) is 0 Å². The second-order valence-corrected chi connectivity index (χ2v) is 5.64. The summed E-state index contributed by atoms with van der Waals surface area (Å²) in [5, 5.41) is 5.96. The highest BCUT2D eigenvalue weighted by atomic mass is 16.1. The van der Waals surface area contributed by atoms with Gasteiger partial charge in [-0.05, 0) is 45.7 Å². The van der Waals surface area contributed by atoms with Gasteiger partial charge in [-0.1, -0.05) is 0 Å². The average molecular weight is 291 g/mol. The monoisotopic (exact) mass is 291 g/mol. The number of amides is 1. The average Bonchev–Trinajstić information content (AvgIpc) is 2.48. The van der Waals surface area contributed by atoms with E-state index < -0.39 is 0 Å². The van der Waals surface area contributed by atoms with Gasteiger partial charge in [-0.3, -0.25) is 4.79 Å². The molecule has 1 fully saturated rings. The Balaban J connectivity index is 1.73. The van der Waals surface area contributed by atoms with Crippen molar-refractivity contribution in [2.24, 2.45) is 5.92 Å². The molecule has 0 saturated carbocycles. The van der Waals surface area contributed by atoms with E-state index in [0.29, 0.717) is 24.0 Å². The van der Waals surface area contributed by atoms with E-state index in [1.807, 2.05) is 6.92 Å². The van der Waals surface area contributed by atoms with E-state index in [2.05, 4.69) is 32.5 Å². The zero-order valence-corrected chi connectivity index (χ0v) is 12.9. The molecule has 0 aliphatic carbocycles. The van der Waals surface area contributed by atoms with Crippen LogP contribution in [0.25, 0.3) is 0 Å². The fourth-order valence-electron chi connectivity index (χ4n) is 2.70. The minimum absolute atomic E-state index is 0.0952. The third-order valence-electron chi connectivity index (χ3n) is 3.81. The highest BCUT2D eigenvalue weighted by Gasteiger charge is 2.17. The number of piperidine rings is 1. The lowest BCUT2D eigenvalue weighted by atomic mass is 9.95. The molecule has 1 aromatic rings. The van der Waals surface area contributed by atoms with Gasteiger partial charge in [-0.15, -0.1) is 0 Å². The molecule has 1 aliphatic heterocycles. The van der Waals surface area contributed by atoms with Crippen LogP contribution >= 0.6 is 0 Å². The van der Waals surface area contributed by atoms with Gasteiger partial charge in [0.1, 0.15) is 0 Å². The van der Waals surface area contributed by atoms with Gasteiger partial charge in [-0.25, -0.2) is 9.97 Å². The van der Waals surface area contributed by atoms with E-state index in [-0.39, 0.29) is 5.91 Å². The first-order valence-electron chi connectivity index (χ1n) is 7.71. The van der Waals surface area contributed by atoms with E-state index in [1.165, 1.54) is 19.4 Å². The van der Waals surface area contributed by atoms with E-state index in [0.717, 1.165) is 19.5 Å². The molecule has 6 heteroatoms. The maximum absolute atomic E-state index is 12.0. The first-order chi connectivity index (χ1) is 10.2. The molecule has 0 bridgehead atoms. The third-order valence-corrected chi connectivity index (χ3v) is 3.81. The summed E-state index contributed by atoms with van der Waals surface area (Å²) in [6.07, 6.45) is 6.69. The van der Waals surface area contributed by atoms with Crippen LogP contribution in [0.4, 0.5) is 5.95 Å². The number of nitrogens with one attached hydrogen (secondary N) is 2. The number of nitrogens with zero attached hydrogens (tertiary/aromatic N) is 3. The van der Waals surface area contributed by atoms with Crippen LogP contribution in [0.15, 0.2) is 12.4 Å². The number of likely N-dealkylation sites (tertiary alicyclic amines) is 1. The highest BCUT2D eigenvalue weighted by molar-refractivity contribution is 5.93. The van der Waals surface area contributed by atoms with Gasteiger partial charge in [0.2, 0.25) is 5.95 Å². The molecule has 2 heterocycles. The summed E-state index contributed by atoms with van der Waals surface area (Å²) in [6, 6.07) is 0. The lowest BCUT2D eigenvalue weighted by molar-refractivity contribution is 0.0947. The molecule has 1 saturated heterocycles. The normalized spacial score (nSPS) is 19.2. The first-order valence-corrected chi connectivity index (χ1v) is 7.71. The van der Waals surface area contributed by atoms with Crippen molar-refractivity contribution in [1.82, 2.24) is 20.2 Å². The zero-order chi connectivity index (χ0) is 15.1. The van der Waals surface area contributed by atoms with E-state index in [9.17, 15) is 4.79 Å². The predicted molar refractivity (Wildman–Crippen MR) is 83.4 cm³/mol. The minimum atomic E-state index is -0.0952. The summed E-state index contributed by atoms with van der Waals surface area (Å²) < 4.78 is 0. The van der Waals surface area contributed by atoms with Gasteiger partial charge >= 0.3 is 0 Å². The summed E-state index contributed by atoms with van der Waals surface area (Å²) in [5.74, 6) is 1.15. The summed E-state index contributed by atoms with van der Waals surface area (Å²) in [4.78, 5) is 22.6. The molecule has 21 heavy (non-hydrogen) atoms. The van der Waals surface area contributed by atoms with Gasteiger partial charge in [0, 0.05) is 32.0 Å². The Morgan fingerprint density at radius 1 is 1.43 bits per heavy atom. The van der Waals surface area contributed by atoms with Crippen LogP contribution in [0.5, 0.6) is 0 Å². The minimum Gasteiger partial charge on any atom is -0.355 e. The Kier molecular flexibility index (Phi) is 5.92. The molecule has 0 aromatic carbocycles. The molecule has 116 valence electrons. The van der Waals surface area contributed by atoms with Crippen LogP contribution in [0.2, 0.25) is 0 Å². The molecule has 1 aliphatic rings. The highest BCUT2D eigenvalue weighted by Crippen LogP contribution is 2.17. The maximum Gasteiger partial charge on any atom is 0.254 e. The Hall–Kier alpha value is -1.69. The predicted octanol–water partition coefficient (Wildman–Crippen LogP) is 1.37. The Bertz CT molecular complexity index is 448. The Morgan fingerprint density at radius 2 is 2.19 bits per heavy atom. The molecule has 2 rings (SSSR count). The van der Waals surface area contributed by atoms with Crippen molar-refractivity contribution in [3.8, 4) is 0 Å². The lowest BCUT2D eigenvalue weighted by Crippen LogP contribution is -2.34. The molecule has 2 N–H and O–H groups in total. The van der Waals surface area contributed by atoms with Crippen LogP contribution in [0, 0.1) is 5.92 Å². The third kappa shape index (κ3) is 4.97. The van der Waals surface area contributed by atoms with Crippen molar-refractivity contribution in [2.45, 2.75) is 26.2 Å². The van der Waals surface area contributed by atoms with Gasteiger partial charge in [0.15, 0.2) is 0 Å². The summed E-state index contributed by atoms with van der Waals surface area (Å²) >= 11 is 0. The number of anilines is 1. The lowest BCUT2D eigenvalue weighted by Gasteiger charge is -2.29. The zero-order valence-electron chi connectivity index (χ0n) is 12.9. The molecule has 1 aromatic heterocycles.